The molecule has 0 saturated heterocycles. The first-order valence-corrected chi connectivity index (χ1v) is 7.64. The van der Waals surface area contributed by atoms with E-state index in [1.54, 1.807) is 44.6 Å². The van der Waals surface area contributed by atoms with Crippen molar-refractivity contribution in [1.82, 2.24) is 0 Å². The molecule has 0 aliphatic heterocycles. The average Bonchev–Trinajstić information content (AvgIpc) is 2.45. The summed E-state index contributed by atoms with van der Waals surface area (Å²) in [6.45, 7) is 0. The predicted molar refractivity (Wildman–Crippen MR) is 89.7 cm³/mol. The fourth-order valence-electron chi connectivity index (χ4n) is 2.14. The van der Waals surface area contributed by atoms with Crippen molar-refractivity contribution in [2.24, 2.45) is 5.73 Å². The molecular weight excluding hydrogens is 377 g/mol. The zero-order valence-electron chi connectivity index (χ0n) is 11.5. The molecule has 6 heteroatoms. The minimum Gasteiger partial charge on any atom is -0.496 e. The maximum Gasteiger partial charge on any atom is 0.138 e. The van der Waals surface area contributed by atoms with Crippen LogP contribution in [0.5, 0.6) is 11.5 Å². The Morgan fingerprint density at radius 1 is 1.00 bits per heavy atom. The molecule has 2 aromatic rings. The van der Waals surface area contributed by atoms with Gasteiger partial charge in [-0.3, -0.25) is 0 Å². The third-order valence-corrected chi connectivity index (χ3v) is 4.15. The van der Waals surface area contributed by atoms with Crippen LogP contribution in [-0.2, 0) is 0 Å². The third-order valence-electron chi connectivity index (χ3n) is 3.10. The molecule has 3 nitrogen and oxygen atoms in total. The lowest BCUT2D eigenvalue weighted by molar-refractivity contribution is 0.399. The molecule has 2 aromatic carbocycles. The summed E-state index contributed by atoms with van der Waals surface area (Å²) in [6.07, 6.45) is 0. The van der Waals surface area contributed by atoms with Crippen LogP contribution in [0.15, 0.2) is 34.8 Å². The Morgan fingerprint density at radius 3 is 2.29 bits per heavy atom. The lowest BCUT2D eigenvalue weighted by Crippen LogP contribution is -2.14. The smallest absolute Gasteiger partial charge is 0.138 e. The van der Waals surface area contributed by atoms with Crippen molar-refractivity contribution < 1.29 is 9.47 Å². The molecule has 0 aliphatic carbocycles. The molecular formula is C15H14BrCl2NO2. The highest BCUT2D eigenvalue weighted by Crippen LogP contribution is 2.39. The molecule has 2 N–H and O–H groups in total. The number of benzene rings is 2. The minimum absolute atomic E-state index is 0.483. The standard InChI is InChI=1S/C15H14BrCl2NO2/c1-20-13-4-3-8(17)5-10(13)14(19)11-6-9(18)7-12(16)15(11)21-2/h3-7,14H,19H2,1-2H3. The molecule has 0 saturated carbocycles. The van der Waals surface area contributed by atoms with Crippen molar-refractivity contribution in [3.63, 3.8) is 0 Å². The van der Waals surface area contributed by atoms with E-state index in [9.17, 15) is 0 Å². The van der Waals surface area contributed by atoms with E-state index in [4.69, 9.17) is 38.4 Å². The van der Waals surface area contributed by atoms with Crippen LogP contribution in [0.4, 0.5) is 0 Å². The Bertz CT molecular complexity index is 664. The van der Waals surface area contributed by atoms with Gasteiger partial charge >= 0.3 is 0 Å². The fraction of sp³-hybridized carbons (Fsp3) is 0.200. The lowest BCUT2D eigenvalue weighted by atomic mass is 9.98. The van der Waals surface area contributed by atoms with Gasteiger partial charge < -0.3 is 15.2 Å². The molecule has 2 rings (SSSR count). The van der Waals surface area contributed by atoms with E-state index in [-0.39, 0.29) is 0 Å². The molecule has 1 unspecified atom stereocenters. The van der Waals surface area contributed by atoms with Crippen molar-refractivity contribution >= 4 is 39.1 Å². The largest absolute Gasteiger partial charge is 0.496 e. The van der Waals surface area contributed by atoms with E-state index in [1.165, 1.54) is 0 Å². The molecule has 0 heterocycles. The zero-order valence-corrected chi connectivity index (χ0v) is 14.6. The molecule has 0 aromatic heterocycles. The van der Waals surface area contributed by atoms with Gasteiger partial charge in [0, 0.05) is 21.2 Å². The number of hydrogen-bond acceptors (Lipinski definition) is 3. The third kappa shape index (κ3) is 3.46. The van der Waals surface area contributed by atoms with Gasteiger partial charge in [-0.2, -0.15) is 0 Å². The second kappa shape index (κ2) is 6.88. The van der Waals surface area contributed by atoms with Crippen molar-refractivity contribution in [3.8, 4) is 11.5 Å². The molecule has 1 atom stereocenters. The summed E-state index contributed by atoms with van der Waals surface area (Å²) in [5.74, 6) is 1.29. The van der Waals surface area contributed by atoms with Gasteiger partial charge in [0.1, 0.15) is 11.5 Å². The van der Waals surface area contributed by atoms with E-state index in [1.807, 2.05) is 0 Å². The summed E-state index contributed by atoms with van der Waals surface area (Å²) < 4.78 is 11.5. The van der Waals surface area contributed by atoms with Gasteiger partial charge in [0.05, 0.1) is 24.7 Å². The van der Waals surface area contributed by atoms with Crippen LogP contribution in [0.25, 0.3) is 0 Å². The van der Waals surface area contributed by atoms with E-state index in [2.05, 4.69) is 15.9 Å². The van der Waals surface area contributed by atoms with Gasteiger partial charge in [0.25, 0.3) is 0 Å². The Hall–Kier alpha value is -0.940. The first-order chi connectivity index (χ1) is 9.97. The average molecular weight is 391 g/mol. The second-order valence-corrected chi connectivity index (χ2v) is 6.10. The van der Waals surface area contributed by atoms with Crippen LogP contribution in [0.1, 0.15) is 17.2 Å². The molecule has 112 valence electrons. The van der Waals surface area contributed by atoms with E-state index in [0.717, 1.165) is 15.6 Å². The number of methoxy groups -OCH3 is 2. The van der Waals surface area contributed by atoms with E-state index in [0.29, 0.717) is 21.5 Å². The molecule has 0 fully saturated rings. The molecule has 21 heavy (non-hydrogen) atoms. The van der Waals surface area contributed by atoms with Gasteiger partial charge in [0.15, 0.2) is 0 Å². The Kier molecular flexibility index (Phi) is 5.38. The Balaban J connectivity index is 2.59. The van der Waals surface area contributed by atoms with Crippen LogP contribution in [0.2, 0.25) is 10.0 Å². The topological polar surface area (TPSA) is 44.5 Å². The van der Waals surface area contributed by atoms with Crippen LogP contribution >= 0.6 is 39.1 Å². The summed E-state index contributed by atoms with van der Waals surface area (Å²) in [7, 11) is 3.17. The second-order valence-electron chi connectivity index (χ2n) is 4.37. The van der Waals surface area contributed by atoms with Crippen molar-refractivity contribution in [2.75, 3.05) is 14.2 Å². The first kappa shape index (κ1) is 16.4. The van der Waals surface area contributed by atoms with Gasteiger partial charge in [-0.15, -0.1) is 0 Å². The minimum atomic E-state index is -0.483. The van der Waals surface area contributed by atoms with Gasteiger partial charge in [-0.05, 0) is 46.3 Å². The summed E-state index contributed by atoms with van der Waals surface area (Å²) in [4.78, 5) is 0. The first-order valence-electron chi connectivity index (χ1n) is 6.10. The molecule has 0 spiro atoms. The van der Waals surface area contributed by atoms with Crippen molar-refractivity contribution in [3.05, 3.63) is 56.0 Å². The number of halogens is 3. The molecule has 0 radical (unpaired) electrons. The maximum atomic E-state index is 6.38. The quantitative estimate of drug-likeness (QED) is 0.813. The summed E-state index contributed by atoms with van der Waals surface area (Å²) in [5, 5.41) is 1.15. The zero-order chi connectivity index (χ0) is 15.6. The van der Waals surface area contributed by atoms with Crippen LogP contribution in [0.3, 0.4) is 0 Å². The van der Waals surface area contributed by atoms with Crippen molar-refractivity contribution in [2.45, 2.75) is 6.04 Å². The lowest BCUT2D eigenvalue weighted by Gasteiger charge is -2.20. The summed E-state index contributed by atoms with van der Waals surface area (Å²) in [6, 6.07) is 8.36. The number of nitrogens with two attached hydrogens (primary N) is 1. The van der Waals surface area contributed by atoms with Crippen LogP contribution < -0.4 is 15.2 Å². The van der Waals surface area contributed by atoms with Crippen molar-refractivity contribution in [1.29, 1.82) is 0 Å². The fourth-order valence-corrected chi connectivity index (χ4v) is 3.32. The molecule has 0 aliphatic rings. The van der Waals surface area contributed by atoms with Crippen LogP contribution in [-0.4, -0.2) is 14.2 Å². The molecule has 0 bridgehead atoms. The Morgan fingerprint density at radius 2 is 1.67 bits per heavy atom. The van der Waals surface area contributed by atoms with Gasteiger partial charge in [0.2, 0.25) is 0 Å². The monoisotopic (exact) mass is 389 g/mol. The SMILES string of the molecule is COc1ccc(Cl)cc1C(N)c1cc(Cl)cc(Br)c1OC. The predicted octanol–water partition coefficient (Wildman–Crippen LogP) is 4.82. The highest BCUT2D eigenvalue weighted by atomic mass is 79.9. The Labute approximate surface area is 142 Å². The van der Waals surface area contributed by atoms with E-state index < -0.39 is 6.04 Å². The summed E-state index contributed by atoms with van der Waals surface area (Å²) >= 11 is 15.6. The number of ether oxygens (including phenoxy) is 2. The number of rotatable bonds is 4. The normalized spacial score (nSPS) is 12.1. The highest BCUT2D eigenvalue weighted by Gasteiger charge is 2.20. The molecule has 0 amide bonds. The maximum absolute atomic E-state index is 6.38. The number of hydrogen-bond donors (Lipinski definition) is 1. The summed E-state index contributed by atoms with van der Waals surface area (Å²) in [5.41, 5.74) is 7.89. The highest BCUT2D eigenvalue weighted by molar-refractivity contribution is 9.10. The van der Waals surface area contributed by atoms with Crippen LogP contribution in [0, 0.1) is 0 Å². The van der Waals surface area contributed by atoms with E-state index >= 15 is 0 Å². The van der Waals surface area contributed by atoms with Gasteiger partial charge in [-0.1, -0.05) is 23.2 Å². The van der Waals surface area contributed by atoms with Gasteiger partial charge in [-0.25, -0.2) is 0 Å².